The number of amides is 2. The summed E-state index contributed by atoms with van der Waals surface area (Å²) < 4.78 is 1.02. The van der Waals surface area contributed by atoms with Gasteiger partial charge in [0.15, 0.2) is 0 Å². The van der Waals surface area contributed by atoms with Gasteiger partial charge in [0.05, 0.1) is 21.8 Å². The molecule has 0 spiro atoms. The van der Waals surface area contributed by atoms with Gasteiger partial charge in [-0.15, -0.1) is 11.3 Å². The number of nitrogens with zero attached hydrogens (tertiary/aromatic N) is 2. The predicted molar refractivity (Wildman–Crippen MR) is 102 cm³/mol. The van der Waals surface area contributed by atoms with Crippen LogP contribution in [0.2, 0.25) is 0 Å². The molecule has 0 saturated carbocycles. The SMILES string of the molecule is CC(=O)NCCC(=O)Nc1ccc(-c2nc3cc(C#N)ccc3s2)cc1. The number of nitrogens with one attached hydrogen (secondary N) is 2. The number of benzene rings is 2. The van der Waals surface area contributed by atoms with Gasteiger partial charge in [-0.25, -0.2) is 4.98 Å². The highest BCUT2D eigenvalue weighted by Crippen LogP contribution is 2.31. The first-order valence-corrected chi connectivity index (χ1v) is 8.82. The Morgan fingerprint density at radius 2 is 1.96 bits per heavy atom. The van der Waals surface area contributed by atoms with E-state index in [0.29, 0.717) is 17.8 Å². The number of carbonyl (C=O) groups is 2. The van der Waals surface area contributed by atoms with E-state index in [0.717, 1.165) is 20.8 Å². The van der Waals surface area contributed by atoms with Crippen LogP contribution in [0.1, 0.15) is 18.9 Å². The predicted octanol–water partition coefficient (Wildman–Crippen LogP) is 3.30. The summed E-state index contributed by atoms with van der Waals surface area (Å²) in [7, 11) is 0. The largest absolute Gasteiger partial charge is 0.356 e. The summed E-state index contributed by atoms with van der Waals surface area (Å²) in [4.78, 5) is 27.2. The molecule has 0 unspecified atom stereocenters. The lowest BCUT2D eigenvalue weighted by molar-refractivity contribution is -0.119. The van der Waals surface area contributed by atoms with Crippen molar-refractivity contribution in [1.82, 2.24) is 10.3 Å². The van der Waals surface area contributed by atoms with Crippen molar-refractivity contribution in [3.8, 4) is 16.6 Å². The highest BCUT2D eigenvalue weighted by Gasteiger charge is 2.08. The minimum absolute atomic E-state index is 0.153. The second-order valence-corrected chi connectivity index (χ2v) is 6.70. The Labute approximate surface area is 154 Å². The number of aromatic nitrogens is 1. The Kier molecular flexibility index (Phi) is 5.25. The smallest absolute Gasteiger partial charge is 0.226 e. The van der Waals surface area contributed by atoms with E-state index in [1.54, 1.807) is 23.5 Å². The van der Waals surface area contributed by atoms with E-state index in [4.69, 9.17) is 5.26 Å². The van der Waals surface area contributed by atoms with Crippen LogP contribution in [0.4, 0.5) is 5.69 Å². The van der Waals surface area contributed by atoms with E-state index in [1.165, 1.54) is 6.92 Å². The standard InChI is InChI=1S/C19H16N4O2S/c1-12(24)21-9-8-18(25)22-15-5-3-14(4-6-15)19-23-16-10-13(11-20)2-7-17(16)26-19/h2-7,10H,8-9H2,1H3,(H,21,24)(H,22,25). The summed E-state index contributed by atoms with van der Waals surface area (Å²) in [6.45, 7) is 1.73. The average Bonchev–Trinajstić information content (AvgIpc) is 3.05. The van der Waals surface area contributed by atoms with Crippen LogP contribution in [0.5, 0.6) is 0 Å². The average molecular weight is 364 g/mol. The van der Waals surface area contributed by atoms with Gasteiger partial charge < -0.3 is 10.6 Å². The van der Waals surface area contributed by atoms with Crippen LogP contribution >= 0.6 is 11.3 Å². The molecule has 1 aromatic heterocycles. The Morgan fingerprint density at radius 1 is 1.19 bits per heavy atom. The molecule has 2 aromatic carbocycles. The summed E-state index contributed by atoms with van der Waals surface area (Å²) in [5.74, 6) is -0.310. The molecule has 1 heterocycles. The molecule has 3 rings (SSSR count). The number of anilines is 1. The van der Waals surface area contributed by atoms with E-state index in [2.05, 4.69) is 21.7 Å². The van der Waals surface area contributed by atoms with Gasteiger partial charge in [-0.2, -0.15) is 5.26 Å². The normalized spacial score (nSPS) is 10.3. The molecule has 3 aromatic rings. The first-order valence-electron chi connectivity index (χ1n) is 8.00. The van der Waals surface area contributed by atoms with Crippen LogP contribution in [0.15, 0.2) is 42.5 Å². The van der Waals surface area contributed by atoms with Crippen molar-refractivity contribution in [3.05, 3.63) is 48.0 Å². The van der Waals surface area contributed by atoms with Crippen LogP contribution in [-0.2, 0) is 9.59 Å². The van der Waals surface area contributed by atoms with Gasteiger partial charge >= 0.3 is 0 Å². The number of nitriles is 1. The third-order valence-corrected chi connectivity index (χ3v) is 4.74. The molecule has 6 nitrogen and oxygen atoms in total. The summed E-state index contributed by atoms with van der Waals surface area (Å²) in [6, 6.07) is 15.0. The molecule has 130 valence electrons. The fourth-order valence-corrected chi connectivity index (χ4v) is 3.34. The molecule has 0 aliphatic rings. The maximum Gasteiger partial charge on any atom is 0.226 e. The summed E-state index contributed by atoms with van der Waals surface area (Å²) in [5.41, 5.74) is 3.03. The van der Waals surface area contributed by atoms with E-state index < -0.39 is 0 Å². The fraction of sp³-hybridized carbons (Fsp3) is 0.158. The highest BCUT2D eigenvalue weighted by molar-refractivity contribution is 7.21. The van der Waals surface area contributed by atoms with Crippen molar-refractivity contribution in [1.29, 1.82) is 5.26 Å². The minimum Gasteiger partial charge on any atom is -0.356 e. The van der Waals surface area contributed by atoms with Crippen molar-refractivity contribution in [2.45, 2.75) is 13.3 Å². The van der Waals surface area contributed by atoms with E-state index in [1.807, 2.05) is 30.3 Å². The van der Waals surface area contributed by atoms with Crippen molar-refractivity contribution >= 4 is 39.1 Å². The number of thiazole rings is 1. The van der Waals surface area contributed by atoms with E-state index in [9.17, 15) is 9.59 Å². The van der Waals surface area contributed by atoms with Gasteiger partial charge in [-0.1, -0.05) is 0 Å². The summed E-state index contributed by atoms with van der Waals surface area (Å²) in [5, 5.41) is 15.2. The van der Waals surface area contributed by atoms with Crippen LogP contribution in [0.25, 0.3) is 20.8 Å². The van der Waals surface area contributed by atoms with Gasteiger partial charge in [0.2, 0.25) is 11.8 Å². The lowest BCUT2D eigenvalue weighted by Crippen LogP contribution is -2.25. The van der Waals surface area contributed by atoms with Crippen molar-refractivity contribution < 1.29 is 9.59 Å². The zero-order valence-corrected chi connectivity index (χ0v) is 14.9. The molecule has 0 bridgehead atoms. The van der Waals surface area contributed by atoms with Gasteiger partial charge in [-0.3, -0.25) is 9.59 Å². The fourth-order valence-electron chi connectivity index (χ4n) is 2.39. The second-order valence-electron chi connectivity index (χ2n) is 5.67. The van der Waals surface area contributed by atoms with Gasteiger partial charge in [-0.05, 0) is 42.5 Å². The molecule has 2 amide bonds. The second kappa shape index (κ2) is 7.76. The Morgan fingerprint density at radius 3 is 2.65 bits per heavy atom. The Balaban J connectivity index is 1.68. The van der Waals surface area contributed by atoms with Crippen LogP contribution in [0.3, 0.4) is 0 Å². The van der Waals surface area contributed by atoms with E-state index >= 15 is 0 Å². The maximum atomic E-state index is 11.8. The van der Waals surface area contributed by atoms with Gasteiger partial charge in [0.25, 0.3) is 0 Å². The number of hydrogen-bond donors (Lipinski definition) is 2. The Bertz CT molecular complexity index is 1000. The highest BCUT2D eigenvalue weighted by atomic mass is 32.1. The zero-order valence-electron chi connectivity index (χ0n) is 14.1. The van der Waals surface area contributed by atoms with Crippen LogP contribution in [-0.4, -0.2) is 23.3 Å². The van der Waals surface area contributed by atoms with Crippen LogP contribution < -0.4 is 10.6 Å². The number of rotatable bonds is 5. The Hall–Kier alpha value is -3.24. The van der Waals surface area contributed by atoms with Crippen LogP contribution in [0, 0.1) is 11.3 Å². The summed E-state index contributed by atoms with van der Waals surface area (Å²) in [6.07, 6.45) is 0.223. The quantitative estimate of drug-likeness (QED) is 0.726. The molecule has 0 radical (unpaired) electrons. The molecule has 0 atom stereocenters. The van der Waals surface area contributed by atoms with Crippen molar-refractivity contribution in [2.24, 2.45) is 0 Å². The number of carbonyl (C=O) groups excluding carboxylic acids is 2. The molecule has 2 N–H and O–H groups in total. The van der Waals surface area contributed by atoms with Gasteiger partial charge in [0, 0.05) is 31.1 Å². The third kappa shape index (κ3) is 4.23. The lowest BCUT2D eigenvalue weighted by Gasteiger charge is -2.06. The first-order chi connectivity index (χ1) is 12.5. The molecule has 7 heteroatoms. The molecular formula is C19H16N4O2S. The van der Waals surface area contributed by atoms with Gasteiger partial charge in [0.1, 0.15) is 5.01 Å². The molecule has 0 fully saturated rings. The topological polar surface area (TPSA) is 94.9 Å². The first kappa shape index (κ1) is 17.6. The zero-order chi connectivity index (χ0) is 18.5. The molecule has 0 aliphatic heterocycles. The van der Waals surface area contributed by atoms with Crippen molar-refractivity contribution in [2.75, 3.05) is 11.9 Å². The number of hydrogen-bond acceptors (Lipinski definition) is 5. The maximum absolute atomic E-state index is 11.8. The molecular weight excluding hydrogens is 348 g/mol. The lowest BCUT2D eigenvalue weighted by atomic mass is 10.2. The monoisotopic (exact) mass is 364 g/mol. The molecule has 26 heavy (non-hydrogen) atoms. The van der Waals surface area contributed by atoms with Crippen molar-refractivity contribution in [3.63, 3.8) is 0 Å². The van der Waals surface area contributed by atoms with E-state index in [-0.39, 0.29) is 18.2 Å². The third-order valence-electron chi connectivity index (χ3n) is 3.66. The molecule has 0 saturated heterocycles. The minimum atomic E-state index is -0.157. The molecule has 0 aliphatic carbocycles. The summed E-state index contributed by atoms with van der Waals surface area (Å²) >= 11 is 1.56. The number of fused-ring (bicyclic) bond motifs is 1.